The minimum atomic E-state index is -6.29. The second-order valence-corrected chi connectivity index (χ2v) is 15.5. The fourth-order valence-electron chi connectivity index (χ4n) is 5.70. The van der Waals surface area contributed by atoms with Gasteiger partial charge in [0.2, 0.25) is 0 Å². The van der Waals surface area contributed by atoms with Gasteiger partial charge in [-0.2, -0.15) is 0 Å². The van der Waals surface area contributed by atoms with Gasteiger partial charge in [0, 0.05) is 20.4 Å². The zero-order valence-corrected chi connectivity index (χ0v) is 38.6. The number of carbonyl (C=O) groups excluding carboxylic acids is 2. The summed E-state index contributed by atoms with van der Waals surface area (Å²) in [5, 5.41) is 0. The zero-order chi connectivity index (χ0) is 37.2. The molecule has 7 nitrogen and oxygen atoms in total. The Bertz CT molecular complexity index is 932. The largest absolute Gasteiger partial charge is 1.00 e. The molecule has 52 heavy (non-hydrogen) atoms. The van der Waals surface area contributed by atoms with Crippen LogP contribution in [0.4, 0.5) is 8.78 Å². The molecule has 1 atom stereocenters. The number of alkyl halides is 2. The summed E-state index contributed by atoms with van der Waals surface area (Å²) in [6.45, 7) is 3.72. The summed E-state index contributed by atoms with van der Waals surface area (Å²) >= 11 is 0. The van der Waals surface area contributed by atoms with E-state index in [1.54, 1.807) is 0 Å². The molecule has 0 fully saturated rings. The average molecular weight is 779 g/mol. The van der Waals surface area contributed by atoms with Crippen molar-refractivity contribution in [3.8, 4) is 0 Å². The molecule has 0 aliphatic heterocycles. The van der Waals surface area contributed by atoms with E-state index in [4.69, 9.17) is 9.47 Å². The molecular formula is C40H71F2Na2O7P. The molecule has 0 amide bonds. The van der Waals surface area contributed by atoms with Crippen molar-refractivity contribution >= 4 is 19.5 Å². The predicted molar refractivity (Wildman–Crippen MR) is 197 cm³/mol. The monoisotopic (exact) mass is 778 g/mol. The second kappa shape index (κ2) is 39.7. The smallest absolute Gasteiger partial charge is 0.807 e. The first-order valence-corrected chi connectivity index (χ1v) is 21.6. The van der Waals surface area contributed by atoms with Crippen LogP contribution in [0.1, 0.15) is 200 Å². The number of unbranched alkanes of at least 4 members (excludes halogenated alkanes) is 22. The Labute approximate surface area is 360 Å². The Morgan fingerprint density at radius 1 is 0.577 bits per heavy atom. The van der Waals surface area contributed by atoms with Crippen LogP contribution in [-0.2, 0) is 23.6 Å². The van der Waals surface area contributed by atoms with Crippen LogP contribution in [0.3, 0.4) is 0 Å². The van der Waals surface area contributed by atoms with E-state index in [2.05, 4.69) is 38.2 Å². The van der Waals surface area contributed by atoms with Gasteiger partial charge in [0.1, 0.15) is 12.7 Å². The molecule has 0 saturated carbocycles. The Balaban J connectivity index is -0.0000120. The minimum absolute atomic E-state index is 0. The molecule has 0 aromatic carbocycles. The summed E-state index contributed by atoms with van der Waals surface area (Å²) in [5.74, 6) is -1.43. The molecule has 0 bridgehead atoms. The molecule has 294 valence electrons. The van der Waals surface area contributed by atoms with E-state index in [9.17, 15) is 32.7 Å². The van der Waals surface area contributed by atoms with Gasteiger partial charge in [-0.1, -0.05) is 141 Å². The van der Waals surface area contributed by atoms with E-state index in [1.807, 2.05) is 0 Å². The number of carbonyl (C=O) groups is 2. The molecule has 0 unspecified atom stereocenters. The Hall–Kier alpha value is 0.430. The van der Waals surface area contributed by atoms with Crippen LogP contribution < -0.4 is 68.9 Å². The first kappa shape index (κ1) is 56.8. The average Bonchev–Trinajstić information content (AvgIpc) is 3.06. The molecule has 0 spiro atoms. The van der Waals surface area contributed by atoms with E-state index in [-0.39, 0.29) is 72.0 Å². The first-order chi connectivity index (χ1) is 24.0. The van der Waals surface area contributed by atoms with Gasteiger partial charge in [-0.05, 0) is 64.2 Å². The molecule has 0 heterocycles. The number of esters is 2. The van der Waals surface area contributed by atoms with Crippen molar-refractivity contribution in [2.45, 2.75) is 212 Å². The number of hydrogen-bond donors (Lipinski definition) is 0. The summed E-state index contributed by atoms with van der Waals surface area (Å²) in [5.41, 5.74) is -4.63. The quantitative estimate of drug-likeness (QED) is 0.0275. The third-order valence-electron chi connectivity index (χ3n) is 8.89. The van der Waals surface area contributed by atoms with Crippen molar-refractivity contribution in [3.05, 3.63) is 24.3 Å². The summed E-state index contributed by atoms with van der Waals surface area (Å²) in [6.07, 6.45) is 34.4. The molecule has 0 aliphatic rings. The van der Waals surface area contributed by atoms with Crippen molar-refractivity contribution in [2.24, 2.45) is 0 Å². The van der Waals surface area contributed by atoms with Crippen LogP contribution in [0.2, 0.25) is 0 Å². The number of hydrogen-bond acceptors (Lipinski definition) is 7. The SMILES string of the molecule is CCCCCCCC/C=C/CCCCCCCC(=O)OC[C@H](CC(F)(F)P(=O)([O-])[O-])OC(=O)CCCCCCC/C=C/CCCCCCCC.[Na+].[Na+]. The second-order valence-electron chi connectivity index (χ2n) is 13.8. The van der Waals surface area contributed by atoms with Gasteiger partial charge >= 0.3 is 71.1 Å². The predicted octanol–water partition coefficient (Wildman–Crippen LogP) is 5.42. The van der Waals surface area contributed by atoms with Gasteiger partial charge in [0.25, 0.3) is 5.66 Å². The summed E-state index contributed by atoms with van der Waals surface area (Å²) in [6, 6.07) is 0. The molecule has 0 aromatic heterocycles. The van der Waals surface area contributed by atoms with Crippen molar-refractivity contribution in [3.63, 3.8) is 0 Å². The van der Waals surface area contributed by atoms with Crippen molar-refractivity contribution < 1.29 is 101 Å². The Morgan fingerprint density at radius 3 is 1.27 bits per heavy atom. The Morgan fingerprint density at radius 2 is 0.904 bits per heavy atom. The van der Waals surface area contributed by atoms with Gasteiger partial charge < -0.3 is 23.8 Å². The zero-order valence-electron chi connectivity index (χ0n) is 33.7. The molecule has 0 radical (unpaired) electrons. The van der Waals surface area contributed by atoms with E-state index >= 15 is 0 Å². The van der Waals surface area contributed by atoms with Crippen LogP contribution >= 0.6 is 7.60 Å². The fraction of sp³-hybridized carbons (Fsp3) is 0.850. The molecule has 0 N–H and O–H groups in total. The standard InChI is InChI=1S/C40H73F2O7P.2Na/c1-3-5-7-9-11-13-15-17-19-21-23-25-27-29-31-33-38(43)48-36-37(35-40(41,42)50(45,46)47)49-39(44)34-32-30-28-26-24-22-20-18-16-14-12-10-8-6-4-2;;/h17-20,37H,3-16,21-36H2,1-2H3,(H2,45,46,47);;/q;2*+1/p-2/b19-17+,20-18+;;/t37-;;/m0../s1. The third kappa shape index (κ3) is 37.4. The topological polar surface area (TPSA) is 116 Å². The molecule has 0 aromatic rings. The van der Waals surface area contributed by atoms with Crippen LogP contribution in [-0.4, -0.2) is 30.3 Å². The van der Waals surface area contributed by atoms with E-state index < -0.39 is 44.3 Å². The van der Waals surface area contributed by atoms with Crippen LogP contribution in [0, 0.1) is 0 Å². The maximum absolute atomic E-state index is 14.0. The number of allylic oxidation sites excluding steroid dienone is 4. The van der Waals surface area contributed by atoms with Crippen LogP contribution in [0.25, 0.3) is 0 Å². The normalized spacial score (nSPS) is 12.5. The van der Waals surface area contributed by atoms with E-state index in [1.165, 1.54) is 77.0 Å². The third-order valence-corrected chi connectivity index (χ3v) is 9.87. The van der Waals surface area contributed by atoms with E-state index in [0.717, 1.165) is 77.0 Å². The summed E-state index contributed by atoms with van der Waals surface area (Å²) in [7, 11) is -6.29. The summed E-state index contributed by atoms with van der Waals surface area (Å²) < 4.78 is 49.3. The maximum Gasteiger partial charge on any atom is 1.00 e. The van der Waals surface area contributed by atoms with Crippen molar-refractivity contribution in [1.82, 2.24) is 0 Å². The first-order valence-electron chi connectivity index (χ1n) is 20.1. The van der Waals surface area contributed by atoms with Crippen molar-refractivity contribution in [2.75, 3.05) is 6.61 Å². The van der Waals surface area contributed by atoms with Crippen molar-refractivity contribution in [1.29, 1.82) is 0 Å². The minimum Gasteiger partial charge on any atom is -0.807 e. The van der Waals surface area contributed by atoms with E-state index in [0.29, 0.717) is 12.8 Å². The molecular weight excluding hydrogens is 707 g/mol. The maximum atomic E-state index is 14.0. The van der Waals surface area contributed by atoms with Gasteiger partial charge in [-0.25, -0.2) is 8.78 Å². The van der Waals surface area contributed by atoms with Gasteiger partial charge in [-0.15, -0.1) is 0 Å². The van der Waals surface area contributed by atoms with Gasteiger partial charge in [-0.3, -0.25) is 9.59 Å². The fourth-order valence-corrected chi connectivity index (χ4v) is 6.13. The molecule has 0 aliphatic carbocycles. The summed E-state index contributed by atoms with van der Waals surface area (Å²) in [4.78, 5) is 46.7. The van der Waals surface area contributed by atoms with Crippen LogP contribution in [0.5, 0.6) is 0 Å². The van der Waals surface area contributed by atoms with Gasteiger partial charge in [0.05, 0.1) is 6.42 Å². The number of ether oxygens (including phenoxy) is 2. The Kier molecular flexibility index (Phi) is 43.3. The van der Waals surface area contributed by atoms with Gasteiger partial charge in [0.15, 0.2) is 0 Å². The molecule has 12 heteroatoms. The number of halogens is 2. The molecule has 0 saturated heterocycles. The molecule has 0 rings (SSSR count). The number of rotatable bonds is 36. The van der Waals surface area contributed by atoms with Crippen LogP contribution in [0.15, 0.2) is 24.3 Å².